The van der Waals surface area contributed by atoms with Gasteiger partial charge < -0.3 is 60.0 Å². The minimum absolute atomic E-state index is 0. The quantitative estimate of drug-likeness (QED) is 0.143. The van der Waals surface area contributed by atoms with Crippen molar-refractivity contribution in [2.75, 3.05) is 59.7 Å². The number of carboxylic acids is 4. The van der Waals surface area contributed by atoms with Gasteiger partial charge in [0.1, 0.15) is 11.6 Å². The van der Waals surface area contributed by atoms with Gasteiger partial charge in [-0.05, 0) is 13.8 Å². The van der Waals surface area contributed by atoms with E-state index < -0.39 is 50.1 Å². The number of nitrogens with one attached hydrogen (secondary N) is 2. The number of aryl methyl sites for hydroxylation is 2. The number of aliphatic carboxylic acids is 4. The number of carbonyl (C=O) groups excluding carboxylic acids is 4. The number of hydrogen-bond acceptors (Lipinski definition) is 18. The number of rotatable bonds is 15. The molecule has 18 nitrogen and oxygen atoms in total. The summed E-state index contributed by atoms with van der Waals surface area (Å²) in [7, 11) is 0. The van der Waals surface area contributed by atoms with E-state index in [-0.39, 0.29) is 167 Å². The maximum Gasteiger partial charge on any atom is 1.00 e. The molecule has 0 saturated carbocycles. The van der Waals surface area contributed by atoms with Gasteiger partial charge in [0, 0.05) is 13.1 Å². The average Bonchev–Trinajstić information content (AvgIpc) is 2.74. The third-order valence-electron chi connectivity index (χ3n) is 4.01. The molecule has 0 aliphatic carbocycles. The van der Waals surface area contributed by atoms with E-state index in [4.69, 9.17) is 0 Å². The summed E-state index contributed by atoms with van der Waals surface area (Å²) in [4.78, 5) is 69.4. The fourth-order valence-electron chi connectivity index (χ4n) is 2.74. The maximum atomic E-state index is 10.9. The molecule has 0 spiro atoms. The summed E-state index contributed by atoms with van der Waals surface area (Å²) >= 11 is 0. The molecule has 0 aliphatic heterocycles. The monoisotopic (exact) mass is 596 g/mol. The van der Waals surface area contributed by atoms with Gasteiger partial charge in [-0.25, -0.2) is 0 Å². The van der Waals surface area contributed by atoms with Crippen molar-refractivity contribution in [1.82, 2.24) is 29.9 Å². The zero-order valence-electron chi connectivity index (χ0n) is 23.1. The van der Waals surface area contributed by atoms with E-state index in [0.29, 0.717) is 0 Å². The normalized spacial score (nSPS) is 9.35. The fourth-order valence-corrected chi connectivity index (χ4v) is 2.74. The van der Waals surface area contributed by atoms with Gasteiger partial charge in [-0.3, -0.25) is 0 Å². The van der Waals surface area contributed by atoms with Crippen LogP contribution >= 0.6 is 0 Å². The van der Waals surface area contributed by atoms with E-state index in [1.165, 1.54) is 13.8 Å². The second-order valence-electron chi connectivity index (χ2n) is 7.07. The Morgan fingerprint density at radius 1 is 0.550 bits per heavy atom. The van der Waals surface area contributed by atoms with Crippen LogP contribution in [-0.4, -0.2) is 93.0 Å². The molecule has 2 aromatic rings. The van der Waals surface area contributed by atoms with Crippen molar-refractivity contribution in [2.45, 2.75) is 13.8 Å². The standard InChI is InChI=1S/C18H24N10O8.4Na/c1-9-21-15(25-17(23-9)27(5-11(29)30)6-12(31)32)19-3-4-20-16-22-10(2)24-18(26-16)28(7-13(33)34)8-14(35)36;;;;/h3-8H2,1-2H3,(H,29,30)(H,31,32)(H,33,34)(H,35,36)(H,19,21,23,25)(H,20,22,24,26);;;;/q;4*+1/p-4. The van der Waals surface area contributed by atoms with Crippen molar-refractivity contribution in [3.8, 4) is 0 Å². The molecular formula is C18H20N10Na4O8. The van der Waals surface area contributed by atoms with Gasteiger partial charge in [-0.15, -0.1) is 0 Å². The summed E-state index contributed by atoms with van der Waals surface area (Å²) in [5.74, 6) is -6.22. The van der Waals surface area contributed by atoms with E-state index >= 15 is 0 Å². The van der Waals surface area contributed by atoms with Crippen LogP contribution in [0.3, 0.4) is 0 Å². The smallest absolute Gasteiger partial charge is 0.548 e. The Morgan fingerprint density at radius 3 is 1.07 bits per heavy atom. The number of aromatic nitrogens is 6. The molecule has 0 aromatic carbocycles. The first-order valence-electron chi connectivity index (χ1n) is 10.1. The topological polar surface area (TPSA) is 268 Å². The number of anilines is 4. The predicted molar refractivity (Wildman–Crippen MR) is 111 cm³/mol. The molecule has 2 rings (SSSR count). The van der Waals surface area contributed by atoms with Crippen LogP contribution < -0.4 is 159 Å². The minimum atomic E-state index is -1.54. The number of hydrogen-bond donors (Lipinski definition) is 2. The molecule has 22 heteroatoms. The molecule has 0 unspecified atom stereocenters. The van der Waals surface area contributed by atoms with Crippen molar-refractivity contribution in [3.63, 3.8) is 0 Å². The van der Waals surface area contributed by atoms with Crippen LogP contribution in [0.25, 0.3) is 0 Å². The molecule has 0 amide bonds. The maximum absolute atomic E-state index is 10.9. The molecule has 0 saturated heterocycles. The van der Waals surface area contributed by atoms with Crippen LogP contribution in [0.1, 0.15) is 11.6 Å². The SMILES string of the molecule is Cc1nc(NCCNc2nc(C)nc(N(CC(=O)[O-])CC(=O)[O-])n2)nc(N(CC(=O)[O-])CC(=O)[O-])n1.[Na+].[Na+].[Na+].[Na+]. The van der Waals surface area contributed by atoms with E-state index in [1.807, 2.05) is 0 Å². The molecule has 40 heavy (non-hydrogen) atoms. The summed E-state index contributed by atoms with van der Waals surface area (Å²) in [6.45, 7) is 0.158. The van der Waals surface area contributed by atoms with Crippen molar-refractivity contribution < 1.29 is 158 Å². The van der Waals surface area contributed by atoms with Gasteiger partial charge >= 0.3 is 118 Å². The Morgan fingerprint density at radius 2 is 0.825 bits per heavy atom. The summed E-state index contributed by atoms with van der Waals surface area (Å²) < 4.78 is 0. The molecule has 0 aliphatic rings. The summed E-state index contributed by atoms with van der Waals surface area (Å²) in [5, 5.41) is 49.4. The zero-order chi connectivity index (χ0) is 26.8. The molecule has 194 valence electrons. The second-order valence-corrected chi connectivity index (χ2v) is 7.07. The molecular weight excluding hydrogens is 576 g/mol. The molecule has 2 N–H and O–H groups in total. The Labute approximate surface area is 316 Å². The summed E-state index contributed by atoms with van der Waals surface area (Å²) in [6, 6.07) is 0. The van der Waals surface area contributed by atoms with E-state index in [9.17, 15) is 39.6 Å². The van der Waals surface area contributed by atoms with Gasteiger partial charge in [-0.1, -0.05) is 0 Å². The molecule has 2 heterocycles. The van der Waals surface area contributed by atoms with E-state index in [0.717, 1.165) is 9.80 Å². The van der Waals surface area contributed by atoms with Crippen LogP contribution in [0.4, 0.5) is 23.8 Å². The summed E-state index contributed by atoms with van der Waals surface area (Å²) in [6.07, 6.45) is 0. The van der Waals surface area contributed by atoms with Gasteiger partial charge in [0.05, 0.1) is 50.1 Å². The minimum Gasteiger partial charge on any atom is -0.548 e. The fraction of sp³-hybridized carbons (Fsp3) is 0.444. The van der Waals surface area contributed by atoms with Crippen LogP contribution in [-0.2, 0) is 19.2 Å². The van der Waals surface area contributed by atoms with Crippen LogP contribution in [0, 0.1) is 13.8 Å². The molecule has 0 fully saturated rings. The van der Waals surface area contributed by atoms with Gasteiger partial charge in [0.15, 0.2) is 0 Å². The van der Waals surface area contributed by atoms with E-state index in [2.05, 4.69) is 40.5 Å². The Bertz CT molecular complexity index is 1030. The Hall–Kier alpha value is -0.900. The molecule has 0 radical (unpaired) electrons. The third-order valence-corrected chi connectivity index (χ3v) is 4.01. The van der Waals surface area contributed by atoms with Crippen molar-refractivity contribution in [2.24, 2.45) is 0 Å². The molecule has 2 aromatic heterocycles. The number of carboxylic acid groups (broad SMARTS) is 4. The Kier molecular flexibility index (Phi) is 23.7. The van der Waals surface area contributed by atoms with Crippen LogP contribution in [0.15, 0.2) is 0 Å². The first-order valence-corrected chi connectivity index (χ1v) is 10.1. The third kappa shape index (κ3) is 16.5. The average molecular weight is 596 g/mol. The van der Waals surface area contributed by atoms with Crippen molar-refractivity contribution >= 4 is 47.7 Å². The summed E-state index contributed by atoms with van der Waals surface area (Å²) in [5.41, 5.74) is 0. The van der Waals surface area contributed by atoms with Crippen LogP contribution in [0.5, 0.6) is 0 Å². The van der Waals surface area contributed by atoms with Crippen LogP contribution in [0.2, 0.25) is 0 Å². The van der Waals surface area contributed by atoms with Crippen molar-refractivity contribution in [3.05, 3.63) is 11.6 Å². The predicted octanol–water partition coefficient (Wildman–Crippen LogP) is -19.2. The largest absolute Gasteiger partial charge is 1.00 e. The number of nitrogens with zero attached hydrogens (tertiary/aromatic N) is 8. The Balaban J connectivity index is -0.00000342. The first kappa shape index (κ1) is 43.6. The zero-order valence-corrected chi connectivity index (χ0v) is 31.1. The van der Waals surface area contributed by atoms with Crippen molar-refractivity contribution in [1.29, 1.82) is 0 Å². The van der Waals surface area contributed by atoms with Gasteiger partial charge in [0.25, 0.3) is 0 Å². The molecule has 0 atom stereocenters. The number of carbonyl (C=O) groups is 4. The van der Waals surface area contributed by atoms with E-state index in [1.54, 1.807) is 0 Å². The molecule has 0 bridgehead atoms. The second kappa shape index (κ2) is 21.8. The van der Waals surface area contributed by atoms with Gasteiger partial charge in [0.2, 0.25) is 23.8 Å². The van der Waals surface area contributed by atoms with Gasteiger partial charge in [-0.2, -0.15) is 29.9 Å². The first-order chi connectivity index (χ1) is 16.9.